The maximum atomic E-state index is 12.3. The lowest BCUT2D eigenvalue weighted by atomic mass is 9.76. The Morgan fingerprint density at radius 2 is 1.10 bits per heavy atom. The Labute approximate surface area is 547 Å². The molecule has 1 N–H and O–H groups in total. The van der Waals surface area contributed by atoms with E-state index >= 15 is 0 Å². The molecule has 0 aliphatic carbocycles. The topological polar surface area (TPSA) is 176 Å². The van der Waals surface area contributed by atoms with Crippen LogP contribution in [0.5, 0.6) is 34.5 Å². The monoisotopic (exact) mass is 1240 g/mol. The number of hydrogen-bond donors (Lipinski definition) is 1. The smallest absolute Gasteiger partial charge is 0.541 e. The molecule has 1 atom stereocenters. The number of unbranched alkanes of at least 4 members (excludes halogenated alkanes) is 4. The second-order valence-electron chi connectivity index (χ2n) is 25.2. The van der Waals surface area contributed by atoms with Crippen LogP contribution in [-0.2, 0) is 0 Å². The highest BCUT2D eigenvalue weighted by atomic mass is 16.6. The molecule has 4 aromatic heterocycles. The van der Waals surface area contributed by atoms with Crippen LogP contribution >= 0.6 is 0 Å². The summed E-state index contributed by atoms with van der Waals surface area (Å²) in [5.41, 5.74) is 6.91. The first-order valence-electron chi connectivity index (χ1n) is 32.4. The quantitative estimate of drug-likeness (QED) is 0.0503. The fourth-order valence-electron chi connectivity index (χ4n) is 12.7. The fourth-order valence-corrected chi connectivity index (χ4v) is 12.7. The third-order valence-corrected chi connectivity index (χ3v) is 17.9. The minimum atomic E-state index is -1.40. The van der Waals surface area contributed by atoms with Gasteiger partial charge in [0.15, 0.2) is 11.2 Å². The summed E-state index contributed by atoms with van der Waals surface area (Å²) in [7, 11) is -2.43. The number of oxazole rings is 2. The van der Waals surface area contributed by atoms with Gasteiger partial charge in [-0.2, -0.15) is 10.5 Å². The highest BCUT2D eigenvalue weighted by molar-refractivity contribution is 6.51. The maximum Gasteiger partial charge on any atom is 0.743 e. The van der Waals surface area contributed by atoms with Crippen molar-refractivity contribution in [2.45, 2.75) is 86.9 Å². The highest BCUT2D eigenvalue weighted by Crippen LogP contribution is 2.44. The molecule has 468 valence electrons. The highest BCUT2D eigenvalue weighted by Gasteiger charge is 2.42. The van der Waals surface area contributed by atoms with Gasteiger partial charge in [0.05, 0.1) is 29.6 Å². The van der Waals surface area contributed by atoms with E-state index in [1.54, 1.807) is 12.1 Å². The molecule has 0 radical (unpaired) electrons. The lowest BCUT2D eigenvalue weighted by Gasteiger charge is -2.32. The molecule has 13 rings (SSSR count). The van der Waals surface area contributed by atoms with Gasteiger partial charge < -0.3 is 46.3 Å². The first kappa shape index (κ1) is 62.0. The molecule has 0 saturated carbocycles. The molecule has 0 bridgehead atoms. The van der Waals surface area contributed by atoms with Crippen LogP contribution in [-0.4, -0.2) is 51.5 Å². The standard InChI is InChI=1S/C78H72B2N6O8/c1-8-9-10-11-24-43-78(5,6)51(4)49-89-55-30-26-28-53(45-55)73-71-70(75(61(47-82)77-84-63-36-17-23-42-69(63)91-77)86(73)80-93-66-39-20-14-33-58(66)59-34-15-21-40-67(59)94-80)72(52-27-25-29-54(44-52)88-48-50(2)3)85(74(71)60(46-81)76-83-62-35-16-22-41-68(62)90-76)79(7)92-65-38-19-13-32-57(65)56-31-12-18-37-64(56)87/h12-23,25-42,44-45,50-51,87H,8-11,24,43,48-49H2,1-7H3/b74-60-,75-61-. The molecule has 16 heteroatoms. The first-order valence-corrected chi connectivity index (χ1v) is 32.4. The summed E-state index contributed by atoms with van der Waals surface area (Å²) in [4.78, 5) is 10.2. The Kier molecular flexibility index (Phi) is 17.7. The van der Waals surface area contributed by atoms with Gasteiger partial charge in [0.25, 0.3) is 0 Å². The second-order valence-corrected chi connectivity index (χ2v) is 25.2. The summed E-state index contributed by atoms with van der Waals surface area (Å²) in [5.74, 6) is 3.07. The number of hydrogen-bond acceptors (Lipinski definition) is 12. The number of rotatable bonds is 22. The predicted molar refractivity (Wildman–Crippen MR) is 372 cm³/mol. The summed E-state index contributed by atoms with van der Waals surface area (Å²) in [6, 6.07) is 65.9. The van der Waals surface area contributed by atoms with E-state index in [1.165, 1.54) is 25.7 Å². The van der Waals surface area contributed by atoms with Crippen LogP contribution in [0, 0.1) is 39.9 Å². The Morgan fingerprint density at radius 3 is 1.68 bits per heavy atom. The number of phenols is 1. The summed E-state index contributed by atoms with van der Waals surface area (Å²) in [6.07, 6.45) is 7.07. The van der Waals surface area contributed by atoms with Gasteiger partial charge in [-0.15, -0.1) is 0 Å². The molecule has 0 fully saturated rings. The van der Waals surface area contributed by atoms with Gasteiger partial charge >= 0.3 is 14.3 Å². The SMILES string of the molecule is CCCCCCCC(C)(C)C(C)COc1cccc(-c2c3/c(=C(\C#N)c4nc5ccccc5o4)n(B(C)Oc4ccccc4-c4ccccc4O)c(-c4cccc(OCC(C)C)c4)c3/c(=C(\C#N)c3nc4ccccc4o3)n2B2Oc3ccccc3-c3ccccc3O2)c1. The molecule has 12 aromatic rings. The lowest BCUT2D eigenvalue weighted by Crippen LogP contribution is -2.45. The zero-order valence-electron chi connectivity index (χ0n) is 53.9. The van der Waals surface area contributed by atoms with Gasteiger partial charge in [-0.1, -0.05) is 195 Å². The van der Waals surface area contributed by atoms with Crippen LogP contribution in [0.4, 0.5) is 0 Å². The number of aromatic hydroxyl groups is 1. The minimum absolute atomic E-state index is 0.0135. The van der Waals surface area contributed by atoms with Crippen LogP contribution in [0.25, 0.3) is 88.9 Å². The molecule has 0 spiro atoms. The summed E-state index contributed by atoms with van der Waals surface area (Å²) >= 11 is 0. The van der Waals surface area contributed by atoms with E-state index in [-0.39, 0.29) is 51.3 Å². The average Bonchev–Trinajstić information content (AvgIpc) is 1.53. The Bertz CT molecular complexity index is 4890. The lowest BCUT2D eigenvalue weighted by molar-refractivity contribution is 0.133. The van der Waals surface area contributed by atoms with E-state index in [4.69, 9.17) is 42.2 Å². The largest absolute Gasteiger partial charge is 0.743 e. The number of aromatic nitrogens is 4. The van der Waals surface area contributed by atoms with E-state index in [2.05, 4.69) is 53.7 Å². The summed E-state index contributed by atoms with van der Waals surface area (Å²) < 4.78 is 53.0. The normalized spacial score (nSPS) is 13.1. The Morgan fingerprint density at radius 1 is 0.585 bits per heavy atom. The van der Waals surface area contributed by atoms with Crippen LogP contribution < -0.4 is 34.1 Å². The molecule has 5 heterocycles. The molecule has 0 saturated heterocycles. The fraction of sp³-hybridized carbons (Fsp3) is 0.231. The molecule has 1 aliphatic rings. The van der Waals surface area contributed by atoms with Crippen LogP contribution in [0.3, 0.4) is 0 Å². The minimum Gasteiger partial charge on any atom is -0.541 e. The van der Waals surface area contributed by atoms with E-state index in [1.807, 2.05) is 198 Å². The predicted octanol–water partition coefficient (Wildman–Crippen LogP) is 17.3. The van der Waals surface area contributed by atoms with Crippen molar-refractivity contribution in [1.82, 2.24) is 18.9 Å². The first-order chi connectivity index (χ1) is 45.8. The van der Waals surface area contributed by atoms with Gasteiger partial charge in [0, 0.05) is 49.8 Å². The van der Waals surface area contributed by atoms with Gasteiger partial charge in [0.1, 0.15) is 68.8 Å². The number of ether oxygens (including phenoxy) is 2. The average molecular weight is 1240 g/mol. The molecule has 1 aliphatic heterocycles. The number of para-hydroxylation sites is 8. The van der Waals surface area contributed by atoms with E-state index < -0.39 is 14.3 Å². The van der Waals surface area contributed by atoms with Crippen molar-refractivity contribution in [3.63, 3.8) is 0 Å². The Balaban J connectivity index is 1.20. The van der Waals surface area contributed by atoms with Crippen molar-refractivity contribution < 1.29 is 37.4 Å². The summed E-state index contributed by atoms with van der Waals surface area (Å²) in [6.45, 7) is 16.1. The zero-order chi connectivity index (χ0) is 65.0. The van der Waals surface area contributed by atoms with Crippen molar-refractivity contribution in [1.29, 1.82) is 10.5 Å². The number of phenolic OH excluding ortho intramolecular Hbond substituents is 1. The van der Waals surface area contributed by atoms with Gasteiger partial charge in [0.2, 0.25) is 11.8 Å². The number of fused-ring (bicyclic) bond motifs is 6. The van der Waals surface area contributed by atoms with Crippen molar-refractivity contribution >= 4 is 58.4 Å². The molecular formula is C78H72B2N6O8. The van der Waals surface area contributed by atoms with E-state index in [0.29, 0.717) is 114 Å². The third kappa shape index (κ3) is 12.2. The molecule has 8 aromatic carbocycles. The van der Waals surface area contributed by atoms with E-state index in [0.717, 1.165) is 24.0 Å². The van der Waals surface area contributed by atoms with Crippen molar-refractivity contribution in [3.8, 4) is 91.4 Å². The van der Waals surface area contributed by atoms with Crippen LogP contribution in [0.1, 0.15) is 91.8 Å². The van der Waals surface area contributed by atoms with Gasteiger partial charge in [-0.25, -0.2) is 9.97 Å². The van der Waals surface area contributed by atoms with E-state index in [9.17, 15) is 15.6 Å². The maximum absolute atomic E-state index is 12.3. The number of benzene rings is 8. The number of nitriles is 2. The van der Waals surface area contributed by atoms with Gasteiger partial charge in [-0.3, -0.25) is 0 Å². The summed E-state index contributed by atoms with van der Waals surface area (Å²) in [5, 5.41) is 37.6. The molecule has 0 amide bonds. The van der Waals surface area contributed by atoms with Crippen LogP contribution in [0.2, 0.25) is 6.82 Å². The number of nitrogens with zero attached hydrogens (tertiary/aromatic N) is 6. The molecule has 94 heavy (non-hydrogen) atoms. The van der Waals surface area contributed by atoms with Gasteiger partial charge in [-0.05, 0) is 103 Å². The molecule has 1 unspecified atom stereocenters. The van der Waals surface area contributed by atoms with Crippen molar-refractivity contribution in [3.05, 3.63) is 217 Å². The third-order valence-electron chi connectivity index (χ3n) is 17.9. The zero-order valence-corrected chi connectivity index (χ0v) is 53.9. The van der Waals surface area contributed by atoms with Crippen molar-refractivity contribution in [2.75, 3.05) is 13.2 Å². The molecule has 14 nitrogen and oxygen atoms in total. The van der Waals surface area contributed by atoms with Crippen LogP contribution in [0.15, 0.2) is 203 Å². The second kappa shape index (κ2) is 26.8. The molecular weight excluding hydrogens is 1170 g/mol. The Hall–Kier alpha value is -10.8. The van der Waals surface area contributed by atoms with Crippen molar-refractivity contribution in [2.24, 2.45) is 17.3 Å².